The minimum atomic E-state index is -1.17. The van der Waals surface area contributed by atoms with Gasteiger partial charge in [-0.3, -0.25) is 4.79 Å². The molecule has 3 rings (SSSR count). The maximum absolute atomic E-state index is 12.9. The van der Waals surface area contributed by atoms with E-state index in [1.807, 2.05) is 26.0 Å². The number of nitrogens with one attached hydrogen (secondary N) is 1. The normalized spacial score (nSPS) is 13.8. The van der Waals surface area contributed by atoms with Crippen LogP contribution in [0.25, 0.3) is 0 Å². The Morgan fingerprint density at radius 1 is 1.12 bits per heavy atom. The molecule has 0 aliphatic heterocycles. The number of carboxylic acid groups (broad SMARTS) is 1. The van der Waals surface area contributed by atoms with Gasteiger partial charge in [0.25, 0.3) is 0 Å². The molecule has 0 saturated heterocycles. The molecule has 1 fully saturated rings. The van der Waals surface area contributed by atoms with Crippen molar-refractivity contribution >= 4 is 40.3 Å². The topological polar surface area (TPSA) is 78.5 Å². The minimum Gasteiger partial charge on any atom is -0.550 e. The number of carbonyl (C=O) groups is 2. The van der Waals surface area contributed by atoms with Gasteiger partial charge in [0.05, 0.1) is 17.3 Å². The van der Waals surface area contributed by atoms with Crippen LogP contribution in [0.15, 0.2) is 30.3 Å². The largest absolute Gasteiger partial charge is 1.00 e. The van der Waals surface area contributed by atoms with E-state index in [0.29, 0.717) is 28.4 Å². The van der Waals surface area contributed by atoms with Crippen LogP contribution in [0.5, 0.6) is 5.75 Å². The van der Waals surface area contributed by atoms with E-state index in [1.165, 1.54) is 32.1 Å². The fourth-order valence-electron chi connectivity index (χ4n) is 4.23. The number of aryl methyl sites for hydroxylation is 2. The van der Waals surface area contributed by atoms with Gasteiger partial charge in [0, 0.05) is 29.9 Å². The maximum Gasteiger partial charge on any atom is 1.00 e. The predicted molar refractivity (Wildman–Crippen MR) is 128 cm³/mol. The van der Waals surface area contributed by atoms with Crippen molar-refractivity contribution in [1.82, 2.24) is 0 Å². The molecule has 0 aromatic heterocycles. The molecule has 0 bridgehead atoms. The number of ether oxygens (including phenoxy) is 1. The summed E-state index contributed by atoms with van der Waals surface area (Å²) in [4.78, 5) is 23.7. The first kappa shape index (κ1) is 28.1. The van der Waals surface area contributed by atoms with Crippen molar-refractivity contribution in [1.29, 1.82) is 0 Å². The smallest absolute Gasteiger partial charge is 0.550 e. The number of hydrogen-bond acceptors (Lipinski definition) is 6. The summed E-state index contributed by atoms with van der Waals surface area (Å²) in [7, 11) is 0. The van der Waals surface area contributed by atoms with Gasteiger partial charge in [-0.05, 0) is 67.1 Å². The van der Waals surface area contributed by atoms with Crippen molar-refractivity contribution in [3.8, 4) is 5.75 Å². The van der Waals surface area contributed by atoms with Crippen LogP contribution in [0, 0.1) is 19.8 Å². The van der Waals surface area contributed by atoms with Gasteiger partial charge in [-0.1, -0.05) is 49.8 Å². The van der Waals surface area contributed by atoms with Crippen molar-refractivity contribution in [2.24, 2.45) is 5.92 Å². The molecule has 2 aromatic carbocycles. The zero-order valence-corrected chi connectivity index (χ0v) is 23.1. The minimum absolute atomic E-state index is 0. The van der Waals surface area contributed by atoms with E-state index in [4.69, 9.17) is 16.3 Å². The van der Waals surface area contributed by atoms with Gasteiger partial charge in [0.1, 0.15) is 5.75 Å². The molecule has 1 aliphatic carbocycles. The summed E-state index contributed by atoms with van der Waals surface area (Å²) in [6.45, 7) is 4.51. The quantitative estimate of drug-likeness (QED) is 0.423. The summed E-state index contributed by atoms with van der Waals surface area (Å²) in [6, 6.07) is 8.66. The molecule has 0 spiro atoms. The van der Waals surface area contributed by atoms with E-state index in [0.717, 1.165) is 41.2 Å². The molecule has 1 saturated carbocycles. The second-order valence-electron chi connectivity index (χ2n) is 8.43. The predicted octanol–water partition coefficient (Wildman–Crippen LogP) is 2.50. The van der Waals surface area contributed by atoms with Crippen LogP contribution in [0.3, 0.4) is 0 Å². The molecular weight excluding hydrogens is 469 g/mol. The number of halogens is 1. The SMILES string of the molecule is Cc1cc(OCCC2CCCCC2)cc(C)c1C(=O)SNc1cc(CC(=O)[O-])ccc1Cl.[Na+]. The molecule has 0 radical (unpaired) electrons. The molecular formula is C25H29ClNNaO4S. The van der Waals surface area contributed by atoms with Crippen LogP contribution in [0.2, 0.25) is 5.02 Å². The fourth-order valence-corrected chi connectivity index (χ4v) is 5.24. The third kappa shape index (κ3) is 8.52. The Bertz CT molecular complexity index is 956. The Kier molecular flexibility index (Phi) is 11.6. The van der Waals surface area contributed by atoms with Crippen LogP contribution in [-0.4, -0.2) is 17.7 Å². The number of aliphatic carboxylic acids is 1. The molecule has 1 N–H and O–H groups in total. The van der Waals surface area contributed by atoms with Gasteiger partial charge in [0.2, 0.25) is 5.12 Å². The van der Waals surface area contributed by atoms with Gasteiger partial charge >= 0.3 is 29.6 Å². The summed E-state index contributed by atoms with van der Waals surface area (Å²) < 4.78 is 8.95. The van der Waals surface area contributed by atoms with Crippen molar-refractivity contribution in [3.05, 3.63) is 57.6 Å². The molecule has 0 atom stereocenters. The summed E-state index contributed by atoms with van der Waals surface area (Å²) >= 11 is 7.10. The van der Waals surface area contributed by atoms with Crippen LogP contribution in [0.4, 0.5) is 5.69 Å². The molecule has 172 valence electrons. The Hall–Kier alpha value is -1.18. The average Bonchev–Trinajstić information content (AvgIpc) is 2.74. The second kappa shape index (κ2) is 13.6. The summed E-state index contributed by atoms with van der Waals surface area (Å²) in [5.41, 5.74) is 3.38. The zero-order valence-electron chi connectivity index (χ0n) is 19.5. The first-order chi connectivity index (χ1) is 15.3. The number of anilines is 1. The number of rotatable bonds is 9. The van der Waals surface area contributed by atoms with Crippen LogP contribution in [0.1, 0.15) is 65.6 Å². The molecule has 33 heavy (non-hydrogen) atoms. The Morgan fingerprint density at radius 3 is 2.42 bits per heavy atom. The van der Waals surface area contributed by atoms with Gasteiger partial charge in [-0.2, -0.15) is 0 Å². The van der Waals surface area contributed by atoms with Crippen LogP contribution in [-0.2, 0) is 11.2 Å². The van der Waals surface area contributed by atoms with Gasteiger partial charge < -0.3 is 19.4 Å². The van der Waals surface area contributed by atoms with E-state index in [2.05, 4.69) is 4.72 Å². The molecule has 0 amide bonds. The zero-order chi connectivity index (χ0) is 23.1. The van der Waals surface area contributed by atoms with Gasteiger partial charge in [-0.15, -0.1) is 0 Å². The van der Waals surface area contributed by atoms with Crippen molar-refractivity contribution < 1.29 is 49.0 Å². The van der Waals surface area contributed by atoms with Gasteiger partial charge in [-0.25, -0.2) is 0 Å². The van der Waals surface area contributed by atoms with Crippen LogP contribution >= 0.6 is 23.5 Å². The second-order valence-corrected chi connectivity index (χ2v) is 9.61. The number of carboxylic acids is 1. The maximum atomic E-state index is 12.9. The molecule has 2 aromatic rings. The van der Waals surface area contributed by atoms with E-state index < -0.39 is 5.97 Å². The van der Waals surface area contributed by atoms with Crippen LogP contribution < -0.4 is 44.1 Å². The monoisotopic (exact) mass is 497 g/mol. The Balaban J connectivity index is 0.00000385. The van der Waals surface area contributed by atoms with E-state index in [-0.39, 0.29) is 41.1 Å². The van der Waals surface area contributed by atoms with Crippen molar-refractivity contribution in [2.45, 2.75) is 58.8 Å². The summed E-state index contributed by atoms with van der Waals surface area (Å²) in [5.74, 6) is 0.393. The number of hydrogen-bond donors (Lipinski definition) is 1. The van der Waals surface area contributed by atoms with Gasteiger partial charge in [0.15, 0.2) is 0 Å². The van der Waals surface area contributed by atoms with Crippen molar-refractivity contribution in [3.63, 3.8) is 0 Å². The van der Waals surface area contributed by atoms with Crippen molar-refractivity contribution in [2.75, 3.05) is 11.3 Å². The van der Waals surface area contributed by atoms with E-state index in [9.17, 15) is 14.7 Å². The Labute approximate surface area is 227 Å². The first-order valence-electron chi connectivity index (χ1n) is 11.0. The third-order valence-electron chi connectivity index (χ3n) is 5.86. The molecule has 1 aliphatic rings. The summed E-state index contributed by atoms with van der Waals surface area (Å²) in [5, 5.41) is 11.1. The molecule has 0 heterocycles. The summed E-state index contributed by atoms with van der Waals surface area (Å²) in [6.07, 6.45) is 7.49. The third-order valence-corrected chi connectivity index (χ3v) is 6.90. The average molecular weight is 498 g/mol. The molecule has 5 nitrogen and oxygen atoms in total. The first-order valence-corrected chi connectivity index (χ1v) is 12.2. The molecule has 8 heteroatoms. The van der Waals surface area contributed by atoms with E-state index in [1.54, 1.807) is 18.2 Å². The standard InChI is InChI=1S/C25H30ClNO4S.Na/c1-16-12-20(31-11-10-18-6-4-3-5-7-18)13-17(2)24(16)25(30)32-27-22-14-19(15-23(28)29)8-9-21(22)26;/h8-9,12-14,18,27H,3-7,10-11,15H2,1-2H3,(H,28,29);/q;+1/p-1. The molecule has 0 unspecified atom stereocenters. The van der Waals surface area contributed by atoms with E-state index >= 15 is 0 Å². The number of benzene rings is 2. The number of carbonyl (C=O) groups excluding carboxylic acids is 2. The Morgan fingerprint density at radius 2 is 1.79 bits per heavy atom. The fraction of sp³-hybridized carbons (Fsp3) is 0.440.